The molecule has 6 heteroatoms. The van der Waals surface area contributed by atoms with Crippen molar-refractivity contribution in [3.8, 4) is 0 Å². The number of hydrogen-bond acceptors (Lipinski definition) is 6. The molecule has 0 spiro atoms. The van der Waals surface area contributed by atoms with Crippen LogP contribution in [0.5, 0.6) is 0 Å². The zero-order chi connectivity index (χ0) is 16.6. The van der Waals surface area contributed by atoms with Crippen LogP contribution in [0.4, 0.5) is 23.0 Å². The van der Waals surface area contributed by atoms with Gasteiger partial charge in [0.2, 0.25) is 0 Å². The molecule has 1 aromatic heterocycles. The monoisotopic (exact) mass is 320 g/mol. The van der Waals surface area contributed by atoms with Crippen molar-refractivity contribution < 1.29 is 0 Å². The second kappa shape index (κ2) is 7.82. The standard InChI is InChI=1S/C18H20N6/c19-16-17(20-12-11-14-7-3-1-4-8-14)21-13-22-18(16)24-23-15-9-5-2-6-10-15/h1-10,13,23H,11-12,19H2,(H2,20,21,22,24). The molecular formula is C18H20N6. The maximum Gasteiger partial charge on any atom is 0.173 e. The van der Waals surface area contributed by atoms with Crippen LogP contribution in [0.3, 0.4) is 0 Å². The van der Waals surface area contributed by atoms with E-state index in [2.05, 4.69) is 38.3 Å². The smallest absolute Gasteiger partial charge is 0.173 e. The minimum Gasteiger partial charge on any atom is -0.393 e. The van der Waals surface area contributed by atoms with E-state index in [4.69, 9.17) is 5.73 Å². The van der Waals surface area contributed by atoms with Gasteiger partial charge in [-0.3, -0.25) is 10.9 Å². The first kappa shape index (κ1) is 15.6. The molecule has 0 bridgehead atoms. The molecule has 5 N–H and O–H groups in total. The number of hydrazine groups is 1. The van der Waals surface area contributed by atoms with Crippen molar-refractivity contribution in [2.75, 3.05) is 28.4 Å². The molecule has 0 aliphatic carbocycles. The third-order valence-electron chi connectivity index (χ3n) is 3.53. The number of nitrogens with one attached hydrogen (secondary N) is 3. The quantitative estimate of drug-likeness (QED) is 0.500. The number of benzene rings is 2. The second-order valence-electron chi connectivity index (χ2n) is 5.26. The number of para-hydroxylation sites is 1. The minimum absolute atomic E-state index is 0.481. The highest BCUT2D eigenvalue weighted by Gasteiger charge is 2.07. The van der Waals surface area contributed by atoms with Gasteiger partial charge in [0.1, 0.15) is 12.0 Å². The van der Waals surface area contributed by atoms with Crippen molar-refractivity contribution in [1.82, 2.24) is 9.97 Å². The molecule has 0 saturated carbocycles. The van der Waals surface area contributed by atoms with E-state index >= 15 is 0 Å². The Labute approximate surface area is 141 Å². The topological polar surface area (TPSA) is 87.9 Å². The molecule has 24 heavy (non-hydrogen) atoms. The van der Waals surface area contributed by atoms with Crippen LogP contribution in [0, 0.1) is 0 Å². The normalized spacial score (nSPS) is 10.2. The van der Waals surface area contributed by atoms with Crippen LogP contribution < -0.4 is 21.9 Å². The lowest BCUT2D eigenvalue weighted by Gasteiger charge is -2.13. The summed E-state index contributed by atoms with van der Waals surface area (Å²) in [5.74, 6) is 1.16. The highest BCUT2D eigenvalue weighted by atomic mass is 15.4. The van der Waals surface area contributed by atoms with Crippen molar-refractivity contribution in [1.29, 1.82) is 0 Å². The van der Waals surface area contributed by atoms with Gasteiger partial charge >= 0.3 is 0 Å². The molecule has 0 unspecified atom stereocenters. The molecule has 122 valence electrons. The van der Waals surface area contributed by atoms with Gasteiger partial charge in [-0.2, -0.15) is 0 Å². The summed E-state index contributed by atoms with van der Waals surface area (Å²) in [6.45, 7) is 0.747. The summed E-state index contributed by atoms with van der Waals surface area (Å²) >= 11 is 0. The van der Waals surface area contributed by atoms with Gasteiger partial charge in [-0.25, -0.2) is 9.97 Å². The van der Waals surface area contributed by atoms with Gasteiger partial charge in [-0.05, 0) is 24.1 Å². The molecule has 0 atom stereocenters. The number of aromatic nitrogens is 2. The molecule has 0 aliphatic rings. The van der Waals surface area contributed by atoms with Crippen LogP contribution in [0.2, 0.25) is 0 Å². The fraction of sp³-hybridized carbons (Fsp3) is 0.111. The minimum atomic E-state index is 0.481. The second-order valence-corrected chi connectivity index (χ2v) is 5.26. The summed E-state index contributed by atoms with van der Waals surface area (Å²) in [6, 6.07) is 20.0. The zero-order valence-corrected chi connectivity index (χ0v) is 13.2. The van der Waals surface area contributed by atoms with Crippen LogP contribution in [0.1, 0.15) is 5.56 Å². The number of hydrogen-bond donors (Lipinski definition) is 4. The Morgan fingerprint density at radius 3 is 2.21 bits per heavy atom. The van der Waals surface area contributed by atoms with Crippen molar-refractivity contribution >= 4 is 23.0 Å². The molecule has 6 nitrogen and oxygen atoms in total. The highest BCUT2D eigenvalue weighted by molar-refractivity contribution is 5.74. The van der Waals surface area contributed by atoms with Gasteiger partial charge in [0.15, 0.2) is 11.6 Å². The lowest BCUT2D eigenvalue weighted by Crippen LogP contribution is -2.15. The average molecular weight is 320 g/mol. The van der Waals surface area contributed by atoms with E-state index in [1.165, 1.54) is 11.9 Å². The molecule has 0 saturated heterocycles. The van der Waals surface area contributed by atoms with Crippen molar-refractivity contribution in [3.05, 3.63) is 72.6 Å². The molecule has 2 aromatic carbocycles. The summed E-state index contributed by atoms with van der Waals surface area (Å²) in [4.78, 5) is 8.38. The average Bonchev–Trinajstić information content (AvgIpc) is 2.64. The lowest BCUT2D eigenvalue weighted by atomic mass is 10.1. The van der Waals surface area contributed by atoms with Crippen LogP contribution in [0.15, 0.2) is 67.0 Å². The fourth-order valence-electron chi connectivity index (χ4n) is 2.26. The van der Waals surface area contributed by atoms with Crippen molar-refractivity contribution in [2.24, 2.45) is 0 Å². The first-order valence-corrected chi connectivity index (χ1v) is 7.78. The Kier molecular flexibility index (Phi) is 5.09. The summed E-state index contributed by atoms with van der Waals surface area (Å²) in [5.41, 5.74) is 14.9. The van der Waals surface area contributed by atoms with Crippen LogP contribution in [-0.4, -0.2) is 16.5 Å². The Hall–Kier alpha value is -3.28. The van der Waals surface area contributed by atoms with Crippen LogP contribution in [0.25, 0.3) is 0 Å². The number of nitrogens with two attached hydrogens (primary N) is 1. The van der Waals surface area contributed by atoms with E-state index in [-0.39, 0.29) is 0 Å². The lowest BCUT2D eigenvalue weighted by molar-refractivity contribution is 1.00. The highest BCUT2D eigenvalue weighted by Crippen LogP contribution is 2.22. The molecule has 0 aliphatic heterocycles. The van der Waals surface area contributed by atoms with Gasteiger partial charge in [-0.15, -0.1) is 0 Å². The molecule has 3 rings (SSSR count). The van der Waals surface area contributed by atoms with E-state index < -0.39 is 0 Å². The molecule has 1 heterocycles. The van der Waals surface area contributed by atoms with Gasteiger partial charge in [-0.1, -0.05) is 48.5 Å². The predicted molar refractivity (Wildman–Crippen MR) is 98.8 cm³/mol. The fourth-order valence-corrected chi connectivity index (χ4v) is 2.26. The van der Waals surface area contributed by atoms with E-state index in [9.17, 15) is 0 Å². The van der Waals surface area contributed by atoms with Crippen LogP contribution in [-0.2, 0) is 6.42 Å². The maximum absolute atomic E-state index is 6.14. The van der Waals surface area contributed by atoms with E-state index in [0.717, 1.165) is 18.7 Å². The van der Waals surface area contributed by atoms with Crippen molar-refractivity contribution in [3.63, 3.8) is 0 Å². The van der Waals surface area contributed by atoms with E-state index in [0.29, 0.717) is 17.3 Å². The molecule has 3 aromatic rings. The van der Waals surface area contributed by atoms with E-state index in [1.807, 2.05) is 48.5 Å². The Morgan fingerprint density at radius 2 is 1.46 bits per heavy atom. The van der Waals surface area contributed by atoms with Gasteiger partial charge in [0, 0.05) is 6.54 Å². The largest absolute Gasteiger partial charge is 0.393 e. The van der Waals surface area contributed by atoms with Gasteiger partial charge < -0.3 is 11.1 Å². The maximum atomic E-state index is 6.14. The summed E-state index contributed by atoms with van der Waals surface area (Å²) in [5, 5.41) is 3.26. The van der Waals surface area contributed by atoms with E-state index in [1.54, 1.807) is 0 Å². The predicted octanol–water partition coefficient (Wildman–Crippen LogP) is 3.15. The number of nitrogen functional groups attached to an aromatic ring is 1. The molecule has 0 radical (unpaired) electrons. The molecule has 0 fully saturated rings. The molecular weight excluding hydrogens is 300 g/mol. The first-order chi connectivity index (χ1) is 11.8. The Morgan fingerprint density at radius 1 is 0.792 bits per heavy atom. The van der Waals surface area contributed by atoms with Crippen molar-refractivity contribution in [2.45, 2.75) is 6.42 Å². The Bertz CT molecular complexity index is 761. The first-order valence-electron chi connectivity index (χ1n) is 7.78. The number of nitrogens with zero attached hydrogens (tertiary/aromatic N) is 2. The van der Waals surface area contributed by atoms with Crippen LogP contribution >= 0.6 is 0 Å². The number of anilines is 4. The SMILES string of the molecule is Nc1c(NCCc2ccccc2)ncnc1NNc1ccccc1. The Balaban J connectivity index is 1.58. The summed E-state index contributed by atoms with van der Waals surface area (Å²) in [6.07, 6.45) is 2.38. The zero-order valence-electron chi connectivity index (χ0n) is 13.2. The van der Waals surface area contributed by atoms with Gasteiger partial charge in [0.05, 0.1) is 5.69 Å². The summed E-state index contributed by atoms with van der Waals surface area (Å²) < 4.78 is 0. The third kappa shape index (κ3) is 4.13. The summed E-state index contributed by atoms with van der Waals surface area (Å²) in [7, 11) is 0. The molecule has 0 amide bonds. The number of rotatable bonds is 7. The van der Waals surface area contributed by atoms with Gasteiger partial charge in [0.25, 0.3) is 0 Å². The third-order valence-corrected chi connectivity index (χ3v) is 3.53.